The van der Waals surface area contributed by atoms with E-state index < -0.39 is 22.2 Å². The van der Waals surface area contributed by atoms with Gasteiger partial charge < -0.3 is 10.2 Å². The smallest absolute Gasteiger partial charge is 0.309 e. The second kappa shape index (κ2) is 7.08. The van der Waals surface area contributed by atoms with Crippen LogP contribution in [0.25, 0.3) is 0 Å². The second-order valence-corrected chi connectivity index (χ2v) is 12.5. The highest BCUT2D eigenvalue weighted by Gasteiger charge is 2.68. The van der Waals surface area contributed by atoms with E-state index in [9.17, 15) is 19.2 Å². The average molecular weight is 411 g/mol. The molecule has 1 unspecified atom stereocenters. The summed E-state index contributed by atoms with van der Waals surface area (Å²) >= 11 is 0. The number of carboxylic acids is 1. The molecule has 0 amide bonds. The Kier molecular flexibility index (Phi) is 5.27. The van der Waals surface area contributed by atoms with Crippen molar-refractivity contribution in [2.24, 2.45) is 39.9 Å². The van der Waals surface area contributed by atoms with Crippen molar-refractivity contribution in [1.29, 1.82) is 0 Å². The fourth-order valence-electron chi connectivity index (χ4n) is 8.48. The Balaban J connectivity index is 1.65. The fraction of sp³-hybridized carbons (Fsp3) is 0.957. The first kappa shape index (κ1) is 20.8. The van der Waals surface area contributed by atoms with E-state index in [1.54, 1.807) is 0 Å². The minimum atomic E-state index is -0.830. The summed E-state index contributed by atoms with van der Waals surface area (Å²) in [6, 6.07) is 0. The topological polar surface area (TPSA) is 74.6 Å². The number of fused-ring (bicyclic) bond motifs is 3. The van der Waals surface area contributed by atoms with E-state index in [1.165, 1.54) is 0 Å². The Labute approximate surface area is 172 Å². The average Bonchev–Trinajstić information content (AvgIpc) is 2.64. The van der Waals surface area contributed by atoms with Gasteiger partial charge in [-0.1, -0.05) is 20.3 Å². The molecule has 0 aromatic heterocycles. The van der Waals surface area contributed by atoms with Gasteiger partial charge in [-0.25, -0.2) is 0 Å². The molecule has 5 saturated carbocycles. The molecule has 0 aromatic carbocycles. The predicted molar refractivity (Wildman–Crippen MR) is 111 cm³/mol. The van der Waals surface area contributed by atoms with Gasteiger partial charge in [-0.2, -0.15) is 0 Å². The van der Waals surface area contributed by atoms with Gasteiger partial charge in [-0.05, 0) is 92.8 Å². The van der Waals surface area contributed by atoms with Crippen LogP contribution in [0.3, 0.4) is 0 Å². The Hall–Kier alpha value is -0.420. The first-order valence-corrected chi connectivity index (χ1v) is 12.9. The molecule has 0 heterocycles. The Morgan fingerprint density at radius 3 is 2.50 bits per heavy atom. The molecule has 0 aromatic rings. The van der Waals surface area contributed by atoms with E-state index in [2.05, 4.69) is 13.8 Å². The zero-order valence-corrected chi connectivity index (χ0v) is 18.6. The number of hydrogen-bond donors (Lipinski definition) is 2. The van der Waals surface area contributed by atoms with Crippen molar-refractivity contribution in [3.8, 4) is 0 Å². The molecule has 9 atom stereocenters. The number of rotatable bonds is 5. The molecule has 28 heavy (non-hydrogen) atoms. The van der Waals surface area contributed by atoms with Gasteiger partial charge in [0.25, 0.3) is 0 Å². The third-order valence-corrected chi connectivity index (χ3v) is 11.4. The number of aliphatic hydroxyl groups excluding tert-OH is 1. The zero-order valence-electron chi connectivity index (χ0n) is 17.8. The van der Waals surface area contributed by atoms with Crippen LogP contribution in [0, 0.1) is 39.9 Å². The van der Waals surface area contributed by atoms with Crippen molar-refractivity contribution in [3.63, 3.8) is 0 Å². The molecular formula is C23H38O4S. The summed E-state index contributed by atoms with van der Waals surface area (Å²) in [5.41, 5.74) is -0.688. The molecule has 5 rings (SSSR count). The summed E-state index contributed by atoms with van der Waals surface area (Å²) in [5.74, 6) is 2.02. The minimum absolute atomic E-state index is 0.0107. The van der Waals surface area contributed by atoms with Crippen LogP contribution in [-0.2, 0) is 15.6 Å². The highest BCUT2D eigenvalue weighted by Crippen LogP contribution is 2.72. The number of aliphatic hydroxyl groups is 1. The maximum Gasteiger partial charge on any atom is 0.309 e. The van der Waals surface area contributed by atoms with E-state index >= 15 is 0 Å². The lowest BCUT2D eigenvalue weighted by molar-refractivity contribution is -0.241. The number of hydrogen-bond acceptors (Lipinski definition) is 3. The van der Waals surface area contributed by atoms with Crippen molar-refractivity contribution in [3.05, 3.63) is 0 Å². The Morgan fingerprint density at radius 1 is 1.11 bits per heavy atom. The molecule has 5 aliphatic rings. The second-order valence-electron chi connectivity index (χ2n) is 10.9. The van der Waals surface area contributed by atoms with Crippen LogP contribution in [0.1, 0.15) is 78.6 Å². The Bertz CT molecular complexity index is 665. The van der Waals surface area contributed by atoms with E-state index in [-0.39, 0.29) is 28.8 Å². The van der Waals surface area contributed by atoms with Crippen molar-refractivity contribution < 1.29 is 19.2 Å². The normalized spacial score (nSPS) is 51.2. The Morgan fingerprint density at radius 2 is 1.82 bits per heavy atom. The standard InChI is InChI=1S/C23H38O4S/c1-4-12-28(27)14-16-15-6-10-23(19(16)24)11-7-17-21(2,18(23)13-15)8-5-9-22(17,3)20(25)26/h15-19,24H,4-14H2,1-3H3,(H,25,26)/t15-,16+,17+,18+,19-,21-,22-,23+,28?/m1/s1. The molecule has 2 N–H and O–H groups in total. The van der Waals surface area contributed by atoms with E-state index in [1.807, 2.05) is 6.92 Å². The van der Waals surface area contributed by atoms with Crippen molar-refractivity contribution in [1.82, 2.24) is 0 Å². The van der Waals surface area contributed by atoms with Gasteiger partial charge in [-0.3, -0.25) is 9.00 Å². The lowest BCUT2D eigenvalue weighted by Gasteiger charge is -2.69. The predicted octanol–water partition coefficient (Wildman–Crippen LogP) is 4.23. The SMILES string of the molecule is CCCS(=O)C[C@H]1[C@@H]2CC[C@@]3(CC[C@H]4[C@@](C)(CCC[C@@]4(C)C(=O)O)[C@@H]3C2)[C@@H]1O. The van der Waals surface area contributed by atoms with Crippen LogP contribution in [-0.4, -0.2) is 38.0 Å². The molecule has 1 spiro atoms. The van der Waals surface area contributed by atoms with Gasteiger partial charge in [0.1, 0.15) is 0 Å². The summed E-state index contributed by atoms with van der Waals surface area (Å²) in [4.78, 5) is 12.2. The summed E-state index contributed by atoms with van der Waals surface area (Å²) in [5, 5.41) is 21.6. The third-order valence-electron chi connectivity index (χ3n) is 9.78. The van der Waals surface area contributed by atoms with Crippen LogP contribution in [0.15, 0.2) is 0 Å². The fourth-order valence-corrected chi connectivity index (χ4v) is 9.99. The molecule has 0 radical (unpaired) electrons. The molecule has 2 bridgehead atoms. The number of carbonyl (C=O) groups is 1. The molecular weight excluding hydrogens is 372 g/mol. The first-order chi connectivity index (χ1) is 13.2. The van der Waals surface area contributed by atoms with Crippen LogP contribution in [0.2, 0.25) is 0 Å². The van der Waals surface area contributed by atoms with E-state index in [0.717, 1.165) is 63.5 Å². The van der Waals surface area contributed by atoms with Gasteiger partial charge in [0.2, 0.25) is 0 Å². The molecule has 0 aliphatic heterocycles. The molecule has 5 aliphatic carbocycles. The summed E-state index contributed by atoms with van der Waals surface area (Å²) in [6.07, 6.45) is 8.63. The number of carboxylic acid groups (broad SMARTS) is 1. The molecule has 5 heteroatoms. The lowest BCUT2D eigenvalue weighted by Crippen LogP contribution is -2.67. The third kappa shape index (κ3) is 2.78. The van der Waals surface area contributed by atoms with Gasteiger partial charge in [0, 0.05) is 22.3 Å². The van der Waals surface area contributed by atoms with Crippen LogP contribution < -0.4 is 0 Å². The van der Waals surface area contributed by atoms with Crippen molar-refractivity contribution in [2.75, 3.05) is 11.5 Å². The molecule has 4 nitrogen and oxygen atoms in total. The summed E-state index contributed by atoms with van der Waals surface area (Å²) in [6.45, 7) is 6.39. The highest BCUT2D eigenvalue weighted by atomic mass is 32.2. The molecule has 160 valence electrons. The van der Waals surface area contributed by atoms with Gasteiger partial charge in [-0.15, -0.1) is 0 Å². The monoisotopic (exact) mass is 410 g/mol. The lowest BCUT2D eigenvalue weighted by atomic mass is 9.35. The van der Waals surface area contributed by atoms with Crippen LogP contribution >= 0.6 is 0 Å². The zero-order chi connectivity index (χ0) is 20.3. The van der Waals surface area contributed by atoms with E-state index in [4.69, 9.17) is 0 Å². The molecule has 0 saturated heterocycles. The quantitative estimate of drug-likeness (QED) is 0.711. The maximum atomic E-state index is 12.5. The van der Waals surface area contributed by atoms with Gasteiger partial charge in [0.15, 0.2) is 0 Å². The van der Waals surface area contributed by atoms with Crippen LogP contribution in [0.4, 0.5) is 0 Å². The summed E-state index contributed by atoms with van der Waals surface area (Å²) < 4.78 is 12.5. The molecule has 5 fully saturated rings. The number of aliphatic carboxylic acids is 1. The minimum Gasteiger partial charge on any atom is -0.481 e. The van der Waals surface area contributed by atoms with Gasteiger partial charge in [0.05, 0.1) is 11.5 Å². The largest absolute Gasteiger partial charge is 0.481 e. The maximum absolute atomic E-state index is 12.5. The van der Waals surface area contributed by atoms with Crippen molar-refractivity contribution >= 4 is 16.8 Å². The van der Waals surface area contributed by atoms with E-state index in [0.29, 0.717) is 17.6 Å². The van der Waals surface area contributed by atoms with Crippen molar-refractivity contribution in [2.45, 2.75) is 84.7 Å². The first-order valence-electron chi connectivity index (χ1n) is 11.5. The van der Waals surface area contributed by atoms with Gasteiger partial charge >= 0.3 is 5.97 Å². The van der Waals surface area contributed by atoms with Crippen LogP contribution in [0.5, 0.6) is 0 Å². The highest BCUT2D eigenvalue weighted by molar-refractivity contribution is 7.84. The summed E-state index contributed by atoms with van der Waals surface area (Å²) in [7, 11) is -0.830.